The average Bonchev–Trinajstić information content (AvgIpc) is 2.82. The summed E-state index contributed by atoms with van der Waals surface area (Å²) < 4.78 is 5.21. The molecule has 1 aromatic carbocycles. The van der Waals surface area contributed by atoms with Gasteiger partial charge >= 0.3 is 6.09 Å². The van der Waals surface area contributed by atoms with Crippen LogP contribution in [0.5, 0.6) is 0 Å². The molecule has 0 saturated carbocycles. The van der Waals surface area contributed by atoms with Crippen LogP contribution in [0.1, 0.15) is 56.5 Å². The van der Waals surface area contributed by atoms with Crippen molar-refractivity contribution in [1.29, 1.82) is 0 Å². The van der Waals surface area contributed by atoms with Gasteiger partial charge in [-0.2, -0.15) is 0 Å². The third-order valence-electron chi connectivity index (χ3n) is 3.65. The van der Waals surface area contributed by atoms with Gasteiger partial charge in [-0.3, -0.25) is 14.5 Å². The zero-order valence-electron chi connectivity index (χ0n) is 14.6. The van der Waals surface area contributed by atoms with Gasteiger partial charge in [0.15, 0.2) is 0 Å². The number of rotatable bonds is 4. The molecule has 1 atom stereocenters. The molecule has 2 rings (SSSR count). The summed E-state index contributed by atoms with van der Waals surface area (Å²) in [5, 5.41) is 2.59. The summed E-state index contributed by atoms with van der Waals surface area (Å²) in [6.45, 7) is 7.42. The van der Waals surface area contributed by atoms with Crippen molar-refractivity contribution in [1.82, 2.24) is 10.2 Å². The standard InChI is InChI=1S/C18H24N2O4/c1-5-8-14(19-17(23)24-18(2,3)4)16(22)20-11-12-9-6-7-10-13(12)15(20)21/h6-7,9-10,14H,5,8,11H2,1-4H3,(H,19,23)/t14-/m1/s1. The number of hydrogen-bond donors (Lipinski definition) is 1. The van der Waals surface area contributed by atoms with Crippen molar-refractivity contribution < 1.29 is 19.1 Å². The third kappa shape index (κ3) is 4.13. The second kappa shape index (κ2) is 7.03. The van der Waals surface area contributed by atoms with E-state index in [0.29, 0.717) is 18.4 Å². The van der Waals surface area contributed by atoms with Crippen LogP contribution < -0.4 is 5.32 Å². The van der Waals surface area contributed by atoms with E-state index in [1.54, 1.807) is 32.9 Å². The lowest BCUT2D eigenvalue weighted by atomic mass is 10.1. The summed E-state index contributed by atoms with van der Waals surface area (Å²) >= 11 is 0. The van der Waals surface area contributed by atoms with Crippen LogP contribution in [-0.2, 0) is 16.1 Å². The Kier molecular flexibility index (Phi) is 5.26. The molecule has 0 bridgehead atoms. The lowest BCUT2D eigenvalue weighted by Gasteiger charge is -2.25. The van der Waals surface area contributed by atoms with Gasteiger partial charge in [0.25, 0.3) is 11.8 Å². The van der Waals surface area contributed by atoms with E-state index in [1.165, 1.54) is 4.90 Å². The molecular formula is C18H24N2O4. The van der Waals surface area contributed by atoms with E-state index >= 15 is 0 Å². The van der Waals surface area contributed by atoms with Gasteiger partial charge in [-0.1, -0.05) is 31.5 Å². The molecule has 0 radical (unpaired) electrons. The summed E-state index contributed by atoms with van der Waals surface area (Å²) in [7, 11) is 0. The minimum atomic E-state index is -0.775. The largest absolute Gasteiger partial charge is 0.444 e. The molecule has 130 valence electrons. The molecule has 0 fully saturated rings. The molecule has 0 aliphatic carbocycles. The van der Waals surface area contributed by atoms with Crippen molar-refractivity contribution in [2.75, 3.05) is 0 Å². The number of nitrogens with zero attached hydrogens (tertiary/aromatic N) is 1. The number of imide groups is 1. The first-order chi connectivity index (χ1) is 11.2. The molecule has 0 spiro atoms. The van der Waals surface area contributed by atoms with E-state index in [4.69, 9.17) is 4.74 Å². The molecule has 1 N–H and O–H groups in total. The third-order valence-corrected chi connectivity index (χ3v) is 3.65. The summed E-state index contributed by atoms with van der Waals surface area (Å²) in [6.07, 6.45) is 0.484. The molecule has 0 aromatic heterocycles. The van der Waals surface area contributed by atoms with Gasteiger partial charge < -0.3 is 10.1 Å². The fourth-order valence-electron chi connectivity index (χ4n) is 2.62. The molecular weight excluding hydrogens is 308 g/mol. The van der Waals surface area contributed by atoms with Crippen molar-refractivity contribution >= 4 is 17.9 Å². The van der Waals surface area contributed by atoms with Crippen molar-refractivity contribution in [3.63, 3.8) is 0 Å². The smallest absolute Gasteiger partial charge is 0.408 e. The molecule has 3 amide bonds. The number of benzene rings is 1. The van der Waals surface area contributed by atoms with Gasteiger partial charge in [0.1, 0.15) is 11.6 Å². The number of amides is 3. The van der Waals surface area contributed by atoms with Crippen LogP contribution in [0.15, 0.2) is 24.3 Å². The highest BCUT2D eigenvalue weighted by molar-refractivity contribution is 6.09. The lowest BCUT2D eigenvalue weighted by Crippen LogP contribution is -2.49. The fourth-order valence-corrected chi connectivity index (χ4v) is 2.62. The Hall–Kier alpha value is -2.37. The number of carbonyl (C=O) groups is 3. The van der Waals surface area contributed by atoms with E-state index in [2.05, 4.69) is 5.32 Å². The maximum atomic E-state index is 12.8. The number of nitrogens with one attached hydrogen (secondary N) is 1. The number of carbonyl (C=O) groups excluding carboxylic acids is 3. The minimum absolute atomic E-state index is 0.240. The SMILES string of the molecule is CCC[C@@H](NC(=O)OC(C)(C)C)C(=O)N1Cc2ccccc2C1=O. The molecule has 1 heterocycles. The van der Waals surface area contributed by atoms with E-state index in [0.717, 1.165) is 5.56 Å². The zero-order valence-corrected chi connectivity index (χ0v) is 14.6. The number of alkyl carbamates (subject to hydrolysis) is 1. The molecule has 0 unspecified atom stereocenters. The van der Waals surface area contributed by atoms with Crippen LogP contribution in [0.3, 0.4) is 0 Å². The normalized spacial score (nSPS) is 15.0. The lowest BCUT2D eigenvalue weighted by molar-refractivity contribution is -0.131. The van der Waals surface area contributed by atoms with Crippen LogP contribution >= 0.6 is 0 Å². The second-order valence-corrected chi connectivity index (χ2v) is 6.87. The predicted octanol–water partition coefficient (Wildman–Crippen LogP) is 2.86. The topological polar surface area (TPSA) is 75.7 Å². The Bertz CT molecular complexity index is 649. The monoisotopic (exact) mass is 332 g/mol. The van der Waals surface area contributed by atoms with Gasteiger partial charge in [-0.15, -0.1) is 0 Å². The Balaban J connectivity index is 2.10. The summed E-state index contributed by atoms with van der Waals surface area (Å²) in [6, 6.07) is 6.37. The molecule has 1 aliphatic rings. The molecule has 6 nitrogen and oxygen atoms in total. The quantitative estimate of drug-likeness (QED) is 0.920. The Morgan fingerprint density at radius 2 is 1.96 bits per heavy atom. The van der Waals surface area contributed by atoms with Crippen LogP contribution in [0.4, 0.5) is 4.79 Å². The summed E-state index contributed by atoms with van der Waals surface area (Å²) in [4.78, 5) is 38.3. The van der Waals surface area contributed by atoms with Gasteiger partial charge in [-0.25, -0.2) is 4.79 Å². The summed E-state index contributed by atoms with van der Waals surface area (Å²) in [5.41, 5.74) is 0.714. The van der Waals surface area contributed by atoms with Gasteiger partial charge in [0.05, 0.1) is 6.54 Å². The first kappa shape index (κ1) is 18.0. The van der Waals surface area contributed by atoms with Crippen LogP contribution in [0.2, 0.25) is 0 Å². The van der Waals surface area contributed by atoms with E-state index in [-0.39, 0.29) is 12.5 Å². The highest BCUT2D eigenvalue weighted by Gasteiger charge is 2.36. The van der Waals surface area contributed by atoms with Gasteiger partial charge in [-0.05, 0) is 38.8 Å². The predicted molar refractivity (Wildman–Crippen MR) is 89.4 cm³/mol. The summed E-state index contributed by atoms with van der Waals surface area (Å²) in [5.74, 6) is -0.716. The van der Waals surface area contributed by atoms with Crippen LogP contribution in [0.25, 0.3) is 0 Å². The number of ether oxygens (including phenoxy) is 1. The maximum Gasteiger partial charge on any atom is 0.408 e. The Labute approximate surface area is 142 Å². The van der Waals surface area contributed by atoms with Crippen molar-refractivity contribution in [3.05, 3.63) is 35.4 Å². The molecule has 1 aliphatic heterocycles. The first-order valence-corrected chi connectivity index (χ1v) is 8.16. The van der Waals surface area contributed by atoms with Crippen LogP contribution in [0, 0.1) is 0 Å². The van der Waals surface area contributed by atoms with Gasteiger partial charge in [0, 0.05) is 5.56 Å². The number of fused-ring (bicyclic) bond motifs is 1. The van der Waals surface area contributed by atoms with Crippen LogP contribution in [-0.4, -0.2) is 34.5 Å². The van der Waals surface area contributed by atoms with E-state index in [1.807, 2.05) is 19.1 Å². The Morgan fingerprint density at radius 1 is 1.29 bits per heavy atom. The van der Waals surface area contributed by atoms with Crippen molar-refractivity contribution in [3.8, 4) is 0 Å². The van der Waals surface area contributed by atoms with Crippen molar-refractivity contribution in [2.45, 2.75) is 58.7 Å². The maximum absolute atomic E-state index is 12.8. The van der Waals surface area contributed by atoms with Gasteiger partial charge in [0.2, 0.25) is 0 Å². The van der Waals surface area contributed by atoms with E-state index in [9.17, 15) is 14.4 Å². The zero-order chi connectivity index (χ0) is 17.9. The highest BCUT2D eigenvalue weighted by Crippen LogP contribution is 2.23. The number of hydrogen-bond acceptors (Lipinski definition) is 4. The average molecular weight is 332 g/mol. The second-order valence-electron chi connectivity index (χ2n) is 6.87. The fraction of sp³-hybridized carbons (Fsp3) is 0.500. The molecule has 0 saturated heterocycles. The molecule has 1 aromatic rings. The minimum Gasteiger partial charge on any atom is -0.444 e. The van der Waals surface area contributed by atoms with Crippen molar-refractivity contribution in [2.24, 2.45) is 0 Å². The Morgan fingerprint density at radius 3 is 2.54 bits per heavy atom. The first-order valence-electron chi connectivity index (χ1n) is 8.16. The molecule has 24 heavy (non-hydrogen) atoms. The van der Waals surface area contributed by atoms with E-state index < -0.39 is 23.6 Å². The highest BCUT2D eigenvalue weighted by atomic mass is 16.6. The molecule has 6 heteroatoms.